The van der Waals surface area contributed by atoms with Gasteiger partial charge in [-0.1, -0.05) is 103 Å². The Hall–Kier alpha value is -5.08. The number of nitrogens with zero attached hydrogens (tertiary/aromatic N) is 2. The summed E-state index contributed by atoms with van der Waals surface area (Å²) < 4.78 is 4.67. The van der Waals surface area contributed by atoms with Crippen molar-refractivity contribution in [1.29, 1.82) is 0 Å². The molecule has 0 saturated heterocycles. The highest BCUT2D eigenvalue weighted by atomic mass is 15.0. The van der Waals surface area contributed by atoms with Gasteiger partial charge in [-0.25, -0.2) is 0 Å². The molecular formula is C37H28N2. The summed E-state index contributed by atoms with van der Waals surface area (Å²) in [5.74, 6) is 0. The van der Waals surface area contributed by atoms with E-state index in [1.54, 1.807) is 0 Å². The van der Waals surface area contributed by atoms with E-state index < -0.39 is 0 Å². The number of para-hydroxylation sites is 3. The predicted octanol–water partition coefficient (Wildman–Crippen LogP) is 9.98. The maximum absolute atomic E-state index is 2.38. The van der Waals surface area contributed by atoms with Gasteiger partial charge in [0.15, 0.2) is 0 Å². The van der Waals surface area contributed by atoms with Gasteiger partial charge in [-0.3, -0.25) is 0 Å². The molecule has 0 radical (unpaired) electrons. The first-order chi connectivity index (χ1) is 19.3. The molecule has 0 atom stereocenters. The zero-order chi connectivity index (χ0) is 26.2. The molecule has 186 valence electrons. The van der Waals surface area contributed by atoms with Crippen LogP contribution in [0.4, 0.5) is 0 Å². The lowest BCUT2D eigenvalue weighted by Crippen LogP contribution is -1.95. The van der Waals surface area contributed by atoms with Crippen LogP contribution >= 0.6 is 0 Å². The summed E-state index contributed by atoms with van der Waals surface area (Å²) in [7, 11) is 0. The van der Waals surface area contributed by atoms with Crippen LogP contribution < -0.4 is 0 Å². The van der Waals surface area contributed by atoms with Gasteiger partial charge in [-0.05, 0) is 60.5 Å². The highest BCUT2D eigenvalue weighted by molar-refractivity contribution is 6.09. The van der Waals surface area contributed by atoms with Crippen molar-refractivity contribution in [3.63, 3.8) is 0 Å². The van der Waals surface area contributed by atoms with E-state index in [1.165, 1.54) is 49.4 Å². The van der Waals surface area contributed by atoms with Gasteiger partial charge in [0.2, 0.25) is 0 Å². The zero-order valence-corrected chi connectivity index (χ0v) is 21.8. The van der Waals surface area contributed by atoms with Crippen LogP contribution in [0.15, 0.2) is 146 Å². The molecule has 2 heteroatoms. The van der Waals surface area contributed by atoms with Crippen LogP contribution in [-0.2, 0) is 0 Å². The first-order valence-electron chi connectivity index (χ1n) is 13.4. The second-order valence-corrected chi connectivity index (χ2v) is 9.83. The summed E-state index contributed by atoms with van der Waals surface area (Å²) in [6, 6.07) is 43.6. The minimum atomic E-state index is 1.15. The second-order valence-electron chi connectivity index (χ2n) is 9.83. The van der Waals surface area contributed by atoms with E-state index in [2.05, 4.69) is 155 Å². The molecule has 0 saturated carbocycles. The van der Waals surface area contributed by atoms with Crippen LogP contribution in [0.1, 0.15) is 12.5 Å². The Balaban J connectivity index is 1.35. The molecule has 0 aliphatic rings. The second kappa shape index (κ2) is 9.66. The maximum Gasteiger partial charge on any atom is 0.0541 e. The predicted molar refractivity (Wildman–Crippen MR) is 167 cm³/mol. The quantitative estimate of drug-likeness (QED) is 0.208. The lowest BCUT2D eigenvalue weighted by atomic mass is 10.0. The standard InChI is InChI=1S/C37H28N2/c1-2-3-4-13-29-26-38(35-21-8-5-18-32(29)35)30-16-11-14-27(24-30)28-15-12-17-31(25-28)39-36-22-9-6-19-33(36)34-20-7-10-23-37(34)39/h2-26H,1H3/b3-2-,13-4-. The minimum Gasteiger partial charge on any atom is -0.316 e. The average Bonchev–Trinajstić information content (AvgIpc) is 3.54. The topological polar surface area (TPSA) is 9.86 Å². The number of fused-ring (bicyclic) bond motifs is 4. The Labute approximate surface area is 228 Å². The lowest BCUT2D eigenvalue weighted by Gasteiger charge is -2.12. The molecule has 0 amide bonds. The van der Waals surface area contributed by atoms with Gasteiger partial charge in [-0.2, -0.15) is 0 Å². The van der Waals surface area contributed by atoms with Crippen molar-refractivity contribution >= 4 is 38.8 Å². The Morgan fingerprint density at radius 2 is 1.08 bits per heavy atom. The third-order valence-electron chi connectivity index (χ3n) is 7.46. The molecule has 0 fully saturated rings. The number of rotatable bonds is 5. The highest BCUT2D eigenvalue weighted by Gasteiger charge is 2.13. The summed E-state index contributed by atoms with van der Waals surface area (Å²) in [6.07, 6.45) is 10.6. The Kier molecular flexibility index (Phi) is 5.71. The fourth-order valence-corrected chi connectivity index (χ4v) is 5.68. The van der Waals surface area contributed by atoms with Crippen molar-refractivity contribution in [2.24, 2.45) is 0 Å². The van der Waals surface area contributed by atoms with Crippen LogP contribution in [0, 0.1) is 0 Å². The first kappa shape index (κ1) is 23.1. The van der Waals surface area contributed by atoms with Crippen molar-refractivity contribution in [2.75, 3.05) is 0 Å². The normalized spacial score (nSPS) is 12.0. The molecule has 5 aromatic carbocycles. The SMILES string of the molecule is C/C=C\C=C/c1cn(-c2cccc(-c3cccc(-n4c5ccccc5c5ccccc54)c3)c2)c2ccccc12. The Morgan fingerprint density at radius 1 is 0.513 bits per heavy atom. The summed E-state index contributed by atoms with van der Waals surface area (Å²) in [6.45, 7) is 2.04. The smallest absolute Gasteiger partial charge is 0.0541 e. The average molecular weight is 501 g/mol. The number of allylic oxidation sites excluding steroid dienone is 3. The molecular weight excluding hydrogens is 472 g/mol. The molecule has 0 N–H and O–H groups in total. The van der Waals surface area contributed by atoms with Crippen molar-refractivity contribution in [3.05, 3.63) is 151 Å². The molecule has 2 aromatic heterocycles. The van der Waals surface area contributed by atoms with Crippen molar-refractivity contribution in [2.45, 2.75) is 6.92 Å². The summed E-state index contributed by atoms with van der Waals surface area (Å²) in [4.78, 5) is 0. The fourth-order valence-electron chi connectivity index (χ4n) is 5.68. The maximum atomic E-state index is 2.38. The Bertz CT molecular complexity index is 1980. The van der Waals surface area contributed by atoms with Crippen molar-refractivity contribution in [1.82, 2.24) is 9.13 Å². The van der Waals surface area contributed by atoms with Crippen molar-refractivity contribution < 1.29 is 0 Å². The van der Waals surface area contributed by atoms with Gasteiger partial charge >= 0.3 is 0 Å². The lowest BCUT2D eigenvalue weighted by molar-refractivity contribution is 1.13. The van der Waals surface area contributed by atoms with Gasteiger partial charge in [0.1, 0.15) is 0 Å². The van der Waals surface area contributed by atoms with Gasteiger partial charge in [0.05, 0.1) is 16.6 Å². The number of aromatic nitrogens is 2. The highest BCUT2D eigenvalue weighted by Crippen LogP contribution is 2.34. The molecule has 0 aliphatic carbocycles. The first-order valence-corrected chi connectivity index (χ1v) is 13.4. The van der Waals surface area contributed by atoms with E-state index in [0.717, 1.165) is 11.4 Å². The molecule has 0 unspecified atom stereocenters. The van der Waals surface area contributed by atoms with Crippen LogP contribution in [0.5, 0.6) is 0 Å². The Morgan fingerprint density at radius 3 is 1.74 bits per heavy atom. The number of hydrogen-bond acceptors (Lipinski definition) is 0. The van der Waals surface area contributed by atoms with E-state index in [1.807, 2.05) is 13.0 Å². The molecule has 7 rings (SSSR count). The van der Waals surface area contributed by atoms with E-state index in [4.69, 9.17) is 0 Å². The van der Waals surface area contributed by atoms with Gasteiger partial charge < -0.3 is 9.13 Å². The number of benzene rings is 5. The van der Waals surface area contributed by atoms with E-state index in [-0.39, 0.29) is 0 Å². The number of hydrogen-bond donors (Lipinski definition) is 0. The molecule has 7 aromatic rings. The zero-order valence-electron chi connectivity index (χ0n) is 21.8. The van der Waals surface area contributed by atoms with Gasteiger partial charge in [0.25, 0.3) is 0 Å². The monoisotopic (exact) mass is 500 g/mol. The third-order valence-corrected chi connectivity index (χ3v) is 7.46. The summed E-state index contributed by atoms with van der Waals surface area (Å²) >= 11 is 0. The van der Waals surface area contributed by atoms with Crippen LogP contribution in [0.25, 0.3) is 61.3 Å². The fraction of sp³-hybridized carbons (Fsp3) is 0.0270. The van der Waals surface area contributed by atoms with Crippen molar-refractivity contribution in [3.8, 4) is 22.5 Å². The summed E-state index contributed by atoms with van der Waals surface area (Å²) in [5.41, 5.74) is 9.56. The summed E-state index contributed by atoms with van der Waals surface area (Å²) in [5, 5.41) is 3.80. The molecule has 0 bridgehead atoms. The van der Waals surface area contributed by atoms with Crippen LogP contribution in [-0.4, -0.2) is 9.13 Å². The van der Waals surface area contributed by atoms with Crippen LogP contribution in [0.2, 0.25) is 0 Å². The van der Waals surface area contributed by atoms with E-state index >= 15 is 0 Å². The van der Waals surface area contributed by atoms with Gasteiger partial charge in [0, 0.05) is 39.3 Å². The minimum absolute atomic E-state index is 1.15. The molecule has 2 nitrogen and oxygen atoms in total. The molecule has 0 spiro atoms. The van der Waals surface area contributed by atoms with E-state index in [9.17, 15) is 0 Å². The third kappa shape index (κ3) is 3.98. The molecule has 39 heavy (non-hydrogen) atoms. The van der Waals surface area contributed by atoms with E-state index in [0.29, 0.717) is 0 Å². The molecule has 0 aliphatic heterocycles. The van der Waals surface area contributed by atoms with Crippen LogP contribution in [0.3, 0.4) is 0 Å². The van der Waals surface area contributed by atoms with Gasteiger partial charge in [-0.15, -0.1) is 0 Å². The molecule has 2 heterocycles. The largest absolute Gasteiger partial charge is 0.316 e.